The first kappa shape index (κ1) is 15.6. The highest BCUT2D eigenvalue weighted by atomic mass is 16.5. The molecule has 0 spiro atoms. The second kappa shape index (κ2) is 7.31. The van der Waals surface area contributed by atoms with Gasteiger partial charge in [0.2, 0.25) is 0 Å². The Morgan fingerprint density at radius 3 is 2.42 bits per heavy atom. The molecule has 0 unspecified atom stereocenters. The van der Waals surface area contributed by atoms with Crippen LogP contribution in [0.25, 0.3) is 0 Å². The molecule has 126 valence electrons. The van der Waals surface area contributed by atoms with Gasteiger partial charge >= 0.3 is 6.01 Å². The first-order valence-corrected chi connectivity index (χ1v) is 9.08. The van der Waals surface area contributed by atoms with Gasteiger partial charge in [0.05, 0.1) is 6.61 Å². The fourth-order valence-corrected chi connectivity index (χ4v) is 3.79. The predicted octanol–water partition coefficient (Wildman–Crippen LogP) is 3.65. The van der Waals surface area contributed by atoms with Crippen LogP contribution in [-0.4, -0.2) is 34.6 Å². The van der Waals surface area contributed by atoms with Gasteiger partial charge in [-0.15, -0.1) is 0 Å². The Morgan fingerprint density at radius 1 is 1.00 bits per heavy atom. The highest BCUT2D eigenvalue weighted by molar-refractivity contribution is 5.27. The summed E-state index contributed by atoms with van der Waals surface area (Å²) in [5, 5.41) is 0. The molecular weight excluding hydrogens is 298 g/mol. The summed E-state index contributed by atoms with van der Waals surface area (Å²) >= 11 is 0. The largest absolute Gasteiger partial charge is 0.463 e. The SMILES string of the molecule is c1cnc(OC[C@H]2C[C@@H](c3ccc(CN4CCCC4)cc3)C2)nc1. The van der Waals surface area contributed by atoms with Gasteiger partial charge in [-0.1, -0.05) is 24.3 Å². The molecule has 0 atom stereocenters. The van der Waals surface area contributed by atoms with E-state index in [4.69, 9.17) is 4.74 Å². The maximum atomic E-state index is 5.66. The molecule has 1 aliphatic carbocycles. The van der Waals surface area contributed by atoms with E-state index in [1.54, 1.807) is 18.5 Å². The molecule has 1 saturated heterocycles. The summed E-state index contributed by atoms with van der Waals surface area (Å²) in [7, 11) is 0. The van der Waals surface area contributed by atoms with Gasteiger partial charge in [0.15, 0.2) is 0 Å². The standard InChI is InChI=1S/C20H25N3O/c1-2-11-23(10-1)14-16-4-6-18(7-5-16)19-12-17(13-19)15-24-20-21-8-3-9-22-20/h3-9,17,19H,1-2,10-15H2/t17-,19+. The van der Waals surface area contributed by atoms with E-state index in [-0.39, 0.29) is 0 Å². The maximum Gasteiger partial charge on any atom is 0.316 e. The van der Waals surface area contributed by atoms with Crippen LogP contribution in [0.3, 0.4) is 0 Å². The molecule has 1 saturated carbocycles. The summed E-state index contributed by atoms with van der Waals surface area (Å²) < 4.78 is 5.66. The van der Waals surface area contributed by atoms with Crippen LogP contribution in [0.15, 0.2) is 42.7 Å². The third-order valence-corrected chi connectivity index (χ3v) is 5.28. The summed E-state index contributed by atoms with van der Waals surface area (Å²) in [6.45, 7) is 4.36. The number of nitrogens with zero attached hydrogens (tertiary/aromatic N) is 3. The number of rotatable bonds is 6. The van der Waals surface area contributed by atoms with E-state index in [1.807, 2.05) is 0 Å². The highest BCUT2D eigenvalue weighted by Crippen LogP contribution is 2.41. The minimum atomic E-state index is 0.493. The van der Waals surface area contributed by atoms with Crippen molar-refractivity contribution in [2.24, 2.45) is 5.92 Å². The van der Waals surface area contributed by atoms with E-state index in [2.05, 4.69) is 39.1 Å². The first-order valence-electron chi connectivity index (χ1n) is 9.08. The molecule has 1 aliphatic heterocycles. The van der Waals surface area contributed by atoms with Crippen molar-refractivity contribution in [3.8, 4) is 6.01 Å². The van der Waals surface area contributed by atoms with Gasteiger partial charge in [-0.3, -0.25) is 4.90 Å². The molecule has 4 heteroatoms. The van der Waals surface area contributed by atoms with Crippen LogP contribution in [0.5, 0.6) is 6.01 Å². The topological polar surface area (TPSA) is 38.2 Å². The Morgan fingerprint density at radius 2 is 1.71 bits per heavy atom. The van der Waals surface area contributed by atoms with Gasteiger partial charge in [0.25, 0.3) is 0 Å². The number of likely N-dealkylation sites (tertiary alicyclic amines) is 1. The van der Waals surface area contributed by atoms with E-state index < -0.39 is 0 Å². The van der Waals surface area contributed by atoms with Gasteiger partial charge in [0.1, 0.15) is 0 Å². The van der Waals surface area contributed by atoms with E-state index in [9.17, 15) is 0 Å². The van der Waals surface area contributed by atoms with E-state index in [0.717, 1.165) is 13.2 Å². The molecule has 0 bridgehead atoms. The zero-order valence-electron chi connectivity index (χ0n) is 14.1. The Bertz CT molecular complexity index is 632. The lowest BCUT2D eigenvalue weighted by Crippen LogP contribution is -2.27. The molecule has 0 N–H and O–H groups in total. The lowest BCUT2D eigenvalue weighted by Gasteiger charge is -2.35. The molecule has 1 aromatic carbocycles. The minimum absolute atomic E-state index is 0.493. The average molecular weight is 323 g/mol. The van der Waals surface area contributed by atoms with Crippen molar-refractivity contribution < 1.29 is 4.74 Å². The number of benzene rings is 1. The summed E-state index contributed by atoms with van der Waals surface area (Å²) in [6, 6.07) is 11.6. The van der Waals surface area contributed by atoms with Crippen molar-refractivity contribution in [3.05, 3.63) is 53.9 Å². The Labute approximate surface area is 143 Å². The Hall–Kier alpha value is -1.94. The maximum absolute atomic E-state index is 5.66. The van der Waals surface area contributed by atoms with Crippen molar-refractivity contribution in [2.45, 2.75) is 38.1 Å². The van der Waals surface area contributed by atoms with Crippen LogP contribution in [0, 0.1) is 5.92 Å². The lowest BCUT2D eigenvalue weighted by atomic mass is 9.72. The zero-order chi connectivity index (χ0) is 16.2. The molecule has 4 nitrogen and oxygen atoms in total. The van der Waals surface area contributed by atoms with Crippen molar-refractivity contribution in [1.82, 2.24) is 14.9 Å². The molecule has 0 radical (unpaired) electrons. The summed E-state index contributed by atoms with van der Waals surface area (Å²) in [4.78, 5) is 10.8. The second-order valence-corrected chi connectivity index (χ2v) is 7.10. The first-order chi connectivity index (χ1) is 11.9. The second-order valence-electron chi connectivity index (χ2n) is 7.10. The van der Waals surface area contributed by atoms with E-state index >= 15 is 0 Å². The Balaban J connectivity index is 1.23. The Kier molecular flexibility index (Phi) is 4.74. The lowest BCUT2D eigenvalue weighted by molar-refractivity contribution is 0.149. The number of ether oxygens (including phenoxy) is 1. The number of aromatic nitrogens is 2. The quantitative estimate of drug-likeness (QED) is 0.813. The van der Waals surface area contributed by atoms with Crippen LogP contribution in [0.4, 0.5) is 0 Å². The third kappa shape index (κ3) is 3.75. The monoisotopic (exact) mass is 323 g/mol. The minimum Gasteiger partial charge on any atom is -0.463 e. The molecule has 2 fully saturated rings. The van der Waals surface area contributed by atoms with Gasteiger partial charge in [-0.05, 0) is 67.8 Å². The molecular formula is C20H25N3O. The van der Waals surface area contributed by atoms with Crippen molar-refractivity contribution in [1.29, 1.82) is 0 Å². The summed E-state index contributed by atoms with van der Waals surface area (Å²) in [5.74, 6) is 1.32. The van der Waals surface area contributed by atoms with Crippen LogP contribution in [0.1, 0.15) is 42.7 Å². The molecule has 2 aromatic rings. The average Bonchev–Trinajstić information content (AvgIpc) is 3.09. The smallest absolute Gasteiger partial charge is 0.316 e. The van der Waals surface area contributed by atoms with Gasteiger partial charge in [0, 0.05) is 18.9 Å². The summed E-state index contributed by atoms with van der Waals surface area (Å²) in [5.41, 5.74) is 2.92. The fraction of sp³-hybridized carbons (Fsp3) is 0.500. The highest BCUT2D eigenvalue weighted by Gasteiger charge is 2.30. The van der Waals surface area contributed by atoms with Gasteiger partial charge < -0.3 is 4.74 Å². The zero-order valence-corrected chi connectivity index (χ0v) is 14.1. The van der Waals surface area contributed by atoms with Crippen LogP contribution < -0.4 is 4.74 Å². The molecule has 4 rings (SSSR count). The van der Waals surface area contributed by atoms with Gasteiger partial charge in [-0.2, -0.15) is 0 Å². The molecule has 2 aliphatic rings. The van der Waals surface area contributed by atoms with Crippen LogP contribution in [0.2, 0.25) is 0 Å². The molecule has 24 heavy (non-hydrogen) atoms. The third-order valence-electron chi connectivity index (χ3n) is 5.28. The fourth-order valence-electron chi connectivity index (χ4n) is 3.79. The van der Waals surface area contributed by atoms with Crippen LogP contribution in [-0.2, 0) is 6.54 Å². The van der Waals surface area contributed by atoms with Crippen molar-refractivity contribution in [2.75, 3.05) is 19.7 Å². The van der Waals surface area contributed by atoms with E-state index in [1.165, 1.54) is 49.9 Å². The molecule has 2 heterocycles. The van der Waals surface area contributed by atoms with Gasteiger partial charge in [-0.25, -0.2) is 9.97 Å². The van der Waals surface area contributed by atoms with E-state index in [0.29, 0.717) is 17.8 Å². The number of hydrogen-bond donors (Lipinski definition) is 0. The number of hydrogen-bond acceptors (Lipinski definition) is 4. The summed E-state index contributed by atoms with van der Waals surface area (Å²) in [6.07, 6.45) is 8.57. The molecule has 1 aromatic heterocycles. The van der Waals surface area contributed by atoms with Crippen molar-refractivity contribution in [3.63, 3.8) is 0 Å². The predicted molar refractivity (Wildman–Crippen MR) is 93.9 cm³/mol. The van der Waals surface area contributed by atoms with Crippen molar-refractivity contribution >= 4 is 0 Å². The normalized spacial score (nSPS) is 23.8. The molecule has 0 amide bonds. The van der Waals surface area contributed by atoms with Crippen LogP contribution >= 0.6 is 0 Å².